The van der Waals surface area contributed by atoms with Crippen molar-refractivity contribution in [2.45, 2.75) is 12.8 Å². The van der Waals surface area contributed by atoms with Gasteiger partial charge in [0, 0.05) is 5.56 Å². The van der Waals surface area contributed by atoms with E-state index in [4.69, 9.17) is 46.4 Å². The summed E-state index contributed by atoms with van der Waals surface area (Å²) in [4.78, 5) is 0. The molecule has 0 aliphatic heterocycles. The highest BCUT2D eigenvalue weighted by Gasteiger charge is 2.14. The van der Waals surface area contributed by atoms with Gasteiger partial charge in [-0.2, -0.15) is 5.10 Å². The van der Waals surface area contributed by atoms with Crippen LogP contribution in [0.5, 0.6) is 0 Å². The molecule has 0 unspecified atom stereocenters. The molecule has 0 spiro atoms. The van der Waals surface area contributed by atoms with Gasteiger partial charge in [0.2, 0.25) is 0 Å². The SMILES string of the molecule is Cc1nn(-c2ccc(Cl)c(Cl)c2)c(Cl)c1CCl. The highest BCUT2D eigenvalue weighted by molar-refractivity contribution is 6.42. The van der Waals surface area contributed by atoms with Gasteiger partial charge in [-0.3, -0.25) is 0 Å². The maximum absolute atomic E-state index is 6.20. The Morgan fingerprint density at radius 3 is 2.41 bits per heavy atom. The van der Waals surface area contributed by atoms with Gasteiger partial charge in [-0.1, -0.05) is 34.8 Å². The quantitative estimate of drug-likeness (QED) is 0.723. The van der Waals surface area contributed by atoms with Crippen molar-refractivity contribution in [3.05, 3.63) is 44.7 Å². The van der Waals surface area contributed by atoms with E-state index in [0.29, 0.717) is 21.1 Å². The minimum Gasteiger partial charge on any atom is -0.222 e. The van der Waals surface area contributed by atoms with Gasteiger partial charge in [-0.25, -0.2) is 4.68 Å². The van der Waals surface area contributed by atoms with Crippen LogP contribution < -0.4 is 0 Å². The third kappa shape index (κ3) is 2.41. The maximum Gasteiger partial charge on any atom is 0.137 e. The predicted octanol–water partition coefficient (Wildman–Crippen LogP) is 4.88. The summed E-state index contributed by atoms with van der Waals surface area (Å²) >= 11 is 23.8. The van der Waals surface area contributed by atoms with Crippen LogP contribution in [0.2, 0.25) is 15.2 Å². The average Bonchev–Trinajstić information content (AvgIpc) is 2.58. The van der Waals surface area contributed by atoms with Crippen LogP contribution in [0.15, 0.2) is 18.2 Å². The van der Waals surface area contributed by atoms with Gasteiger partial charge in [-0.15, -0.1) is 11.6 Å². The lowest BCUT2D eigenvalue weighted by Crippen LogP contribution is -1.96. The summed E-state index contributed by atoms with van der Waals surface area (Å²) in [7, 11) is 0. The third-order valence-electron chi connectivity index (χ3n) is 2.40. The van der Waals surface area contributed by atoms with Crippen molar-refractivity contribution in [2.75, 3.05) is 0 Å². The second-order valence-corrected chi connectivity index (χ2v) is 4.94. The lowest BCUT2D eigenvalue weighted by atomic mass is 10.3. The van der Waals surface area contributed by atoms with Crippen molar-refractivity contribution in [1.29, 1.82) is 0 Å². The molecule has 0 aliphatic carbocycles. The number of benzene rings is 1. The van der Waals surface area contributed by atoms with Crippen molar-refractivity contribution in [1.82, 2.24) is 9.78 Å². The molecule has 0 aliphatic rings. The zero-order chi connectivity index (χ0) is 12.6. The Morgan fingerprint density at radius 2 is 1.88 bits per heavy atom. The van der Waals surface area contributed by atoms with Gasteiger partial charge in [-0.05, 0) is 25.1 Å². The first-order valence-electron chi connectivity index (χ1n) is 4.80. The van der Waals surface area contributed by atoms with Gasteiger partial charge in [0.15, 0.2) is 0 Å². The summed E-state index contributed by atoms with van der Waals surface area (Å²) in [5.41, 5.74) is 2.37. The smallest absolute Gasteiger partial charge is 0.137 e. The second-order valence-electron chi connectivity index (χ2n) is 3.50. The molecule has 1 aromatic carbocycles. The number of aryl methyl sites for hydroxylation is 1. The molecule has 2 aromatic rings. The number of rotatable bonds is 2. The van der Waals surface area contributed by atoms with Crippen molar-refractivity contribution in [3.8, 4) is 5.69 Å². The number of nitrogens with zero attached hydrogens (tertiary/aromatic N) is 2. The Bertz CT molecular complexity index is 563. The third-order valence-corrected chi connectivity index (χ3v) is 3.80. The molecule has 1 aromatic heterocycles. The lowest BCUT2D eigenvalue weighted by Gasteiger charge is -2.04. The molecule has 17 heavy (non-hydrogen) atoms. The normalized spacial score (nSPS) is 10.9. The van der Waals surface area contributed by atoms with Crippen LogP contribution in [0.3, 0.4) is 0 Å². The molecule has 90 valence electrons. The van der Waals surface area contributed by atoms with E-state index >= 15 is 0 Å². The Labute approximate surface area is 119 Å². The maximum atomic E-state index is 6.20. The molecule has 2 nitrogen and oxygen atoms in total. The summed E-state index contributed by atoms with van der Waals surface area (Å²) in [5.74, 6) is 0.325. The van der Waals surface area contributed by atoms with Gasteiger partial charge >= 0.3 is 0 Å². The molecule has 0 saturated carbocycles. The minimum atomic E-state index is 0.325. The predicted molar refractivity (Wildman–Crippen MR) is 72.9 cm³/mol. The Morgan fingerprint density at radius 1 is 1.18 bits per heavy atom. The van der Waals surface area contributed by atoms with E-state index in [2.05, 4.69) is 5.10 Å². The molecule has 0 radical (unpaired) electrons. The number of halogens is 4. The number of hydrogen-bond acceptors (Lipinski definition) is 1. The van der Waals surface area contributed by atoms with Crippen LogP contribution in [0.1, 0.15) is 11.3 Å². The van der Waals surface area contributed by atoms with E-state index in [-0.39, 0.29) is 0 Å². The van der Waals surface area contributed by atoms with Crippen molar-refractivity contribution in [2.24, 2.45) is 0 Å². The fraction of sp³-hybridized carbons (Fsp3) is 0.182. The first-order chi connectivity index (χ1) is 8.04. The highest BCUT2D eigenvalue weighted by atomic mass is 35.5. The van der Waals surface area contributed by atoms with E-state index in [9.17, 15) is 0 Å². The Hall–Kier alpha value is -0.410. The summed E-state index contributed by atoms with van der Waals surface area (Å²) in [5, 5.41) is 5.77. The molecule has 0 bridgehead atoms. The molecule has 0 amide bonds. The fourth-order valence-corrected chi connectivity index (χ4v) is 2.49. The monoisotopic (exact) mass is 308 g/mol. The fourth-order valence-electron chi connectivity index (χ4n) is 1.47. The molecule has 0 atom stereocenters. The first kappa shape index (κ1) is 13.0. The van der Waals surface area contributed by atoms with Gasteiger partial charge in [0.25, 0.3) is 0 Å². The Kier molecular flexibility index (Phi) is 3.88. The van der Waals surface area contributed by atoms with Crippen LogP contribution in [-0.2, 0) is 5.88 Å². The van der Waals surface area contributed by atoms with E-state index in [1.165, 1.54) is 0 Å². The van der Waals surface area contributed by atoms with Crippen molar-refractivity contribution < 1.29 is 0 Å². The number of hydrogen-bond donors (Lipinski definition) is 0. The van der Waals surface area contributed by atoms with Crippen LogP contribution in [0.25, 0.3) is 5.69 Å². The van der Waals surface area contributed by atoms with Crippen molar-refractivity contribution >= 4 is 46.4 Å². The molecular weight excluding hydrogens is 302 g/mol. The topological polar surface area (TPSA) is 17.8 Å². The summed E-state index contributed by atoms with van der Waals surface area (Å²) in [6.07, 6.45) is 0. The lowest BCUT2D eigenvalue weighted by molar-refractivity contribution is 0.863. The molecule has 6 heteroatoms. The molecule has 0 saturated heterocycles. The number of alkyl halides is 1. The van der Waals surface area contributed by atoms with Gasteiger partial charge < -0.3 is 0 Å². The number of aromatic nitrogens is 2. The zero-order valence-electron chi connectivity index (χ0n) is 8.85. The van der Waals surface area contributed by atoms with Crippen LogP contribution in [0, 0.1) is 6.92 Å². The molecule has 0 fully saturated rings. The summed E-state index contributed by atoms with van der Waals surface area (Å²) < 4.78 is 1.59. The second kappa shape index (κ2) is 5.07. The molecular formula is C11H8Cl4N2. The van der Waals surface area contributed by atoms with Crippen LogP contribution in [-0.4, -0.2) is 9.78 Å². The summed E-state index contributed by atoms with van der Waals surface area (Å²) in [6.45, 7) is 1.86. The van der Waals surface area contributed by atoms with Crippen LogP contribution in [0.4, 0.5) is 0 Å². The standard InChI is InChI=1S/C11H8Cl4N2/c1-6-8(5-12)11(15)17(16-6)7-2-3-9(13)10(14)4-7/h2-4H,5H2,1H3. The van der Waals surface area contributed by atoms with E-state index < -0.39 is 0 Å². The van der Waals surface area contributed by atoms with Crippen molar-refractivity contribution in [3.63, 3.8) is 0 Å². The van der Waals surface area contributed by atoms with E-state index in [1.54, 1.807) is 22.9 Å². The van der Waals surface area contributed by atoms with Crippen LogP contribution >= 0.6 is 46.4 Å². The molecule has 1 heterocycles. The van der Waals surface area contributed by atoms with E-state index in [0.717, 1.165) is 16.9 Å². The first-order valence-corrected chi connectivity index (χ1v) is 6.47. The van der Waals surface area contributed by atoms with E-state index in [1.807, 2.05) is 6.92 Å². The minimum absolute atomic E-state index is 0.325. The van der Waals surface area contributed by atoms with Gasteiger partial charge in [0.1, 0.15) is 5.15 Å². The zero-order valence-corrected chi connectivity index (χ0v) is 11.9. The largest absolute Gasteiger partial charge is 0.222 e. The van der Waals surface area contributed by atoms with Gasteiger partial charge in [0.05, 0.1) is 27.3 Å². The summed E-state index contributed by atoms with van der Waals surface area (Å²) in [6, 6.07) is 5.21. The average molecular weight is 310 g/mol. The molecule has 2 rings (SSSR count). The highest BCUT2D eigenvalue weighted by Crippen LogP contribution is 2.28. The Balaban J connectivity index is 2.57. The molecule has 0 N–H and O–H groups in total.